The van der Waals surface area contributed by atoms with Gasteiger partial charge in [-0.3, -0.25) is 0 Å². The number of nitrogens with zero attached hydrogens (tertiary/aromatic N) is 1. The van der Waals surface area contributed by atoms with E-state index in [1.165, 1.54) is 0 Å². The highest BCUT2D eigenvalue weighted by Gasteiger charge is 2.13. The van der Waals surface area contributed by atoms with Crippen LogP contribution < -0.4 is 25.5 Å². The van der Waals surface area contributed by atoms with E-state index in [0.717, 1.165) is 5.75 Å². The molecule has 0 bridgehead atoms. The average molecular weight is 245 g/mol. The van der Waals surface area contributed by atoms with E-state index in [1.54, 1.807) is 30.5 Å². The minimum atomic E-state index is 0.245. The predicted octanol–water partition coefficient (Wildman–Crippen LogP) is 1.89. The Hall–Kier alpha value is -2.47. The molecule has 0 fully saturated rings. The summed E-state index contributed by atoms with van der Waals surface area (Å²) in [5, 5.41) is 0. The van der Waals surface area contributed by atoms with Crippen LogP contribution in [-0.4, -0.2) is 11.8 Å². The number of hydrogen-bond acceptors (Lipinski definition) is 6. The van der Waals surface area contributed by atoms with Gasteiger partial charge in [0, 0.05) is 18.3 Å². The first-order valence-corrected chi connectivity index (χ1v) is 5.35. The van der Waals surface area contributed by atoms with Gasteiger partial charge in [0.25, 0.3) is 0 Å². The Morgan fingerprint density at radius 1 is 1.11 bits per heavy atom. The van der Waals surface area contributed by atoms with Crippen LogP contribution in [0.15, 0.2) is 36.5 Å². The van der Waals surface area contributed by atoms with E-state index in [4.69, 9.17) is 20.1 Å². The maximum Gasteiger partial charge on any atom is 0.231 e. The molecule has 0 spiro atoms. The lowest BCUT2D eigenvalue weighted by atomic mass is 10.3. The van der Waals surface area contributed by atoms with Crippen LogP contribution in [0, 0.1) is 0 Å². The Morgan fingerprint density at radius 3 is 2.83 bits per heavy atom. The number of anilines is 1. The van der Waals surface area contributed by atoms with Crippen molar-refractivity contribution < 1.29 is 14.2 Å². The Bertz CT molecular complexity index is 574. The topological polar surface area (TPSA) is 78.6 Å². The highest BCUT2D eigenvalue weighted by molar-refractivity contribution is 5.48. The van der Waals surface area contributed by atoms with Crippen molar-refractivity contribution in [3.05, 3.63) is 36.5 Å². The van der Waals surface area contributed by atoms with Crippen LogP contribution in [0.3, 0.4) is 0 Å². The fourth-order valence-corrected chi connectivity index (χ4v) is 1.63. The third-order valence-corrected chi connectivity index (χ3v) is 2.46. The van der Waals surface area contributed by atoms with Crippen LogP contribution in [0.1, 0.15) is 0 Å². The van der Waals surface area contributed by atoms with Gasteiger partial charge < -0.3 is 19.6 Å². The molecule has 0 saturated heterocycles. The molecule has 0 atom stereocenters. The van der Waals surface area contributed by atoms with Crippen LogP contribution in [0.4, 0.5) is 5.82 Å². The number of benzene rings is 1. The van der Waals surface area contributed by atoms with Gasteiger partial charge in [-0.15, -0.1) is 0 Å². The summed E-state index contributed by atoms with van der Waals surface area (Å²) in [7, 11) is 0. The van der Waals surface area contributed by atoms with Crippen molar-refractivity contribution in [1.82, 2.24) is 4.98 Å². The van der Waals surface area contributed by atoms with E-state index in [2.05, 4.69) is 10.4 Å². The lowest BCUT2D eigenvalue weighted by Crippen LogP contribution is -2.08. The Kier molecular flexibility index (Phi) is 2.62. The minimum Gasteiger partial charge on any atom is -0.457 e. The lowest BCUT2D eigenvalue weighted by Gasteiger charge is -2.07. The number of aromatic nitrogens is 1. The smallest absolute Gasteiger partial charge is 0.231 e. The van der Waals surface area contributed by atoms with Crippen molar-refractivity contribution in [3.8, 4) is 23.0 Å². The number of rotatable bonds is 3. The number of nitrogen functional groups attached to an aromatic ring is 1. The molecule has 1 aliphatic heterocycles. The molecule has 0 unspecified atom stereocenters. The zero-order chi connectivity index (χ0) is 12.4. The van der Waals surface area contributed by atoms with Crippen LogP contribution in [0.25, 0.3) is 0 Å². The Labute approximate surface area is 103 Å². The molecule has 1 aromatic heterocycles. The Balaban J connectivity index is 1.83. The number of pyridine rings is 1. The quantitative estimate of drug-likeness (QED) is 0.635. The summed E-state index contributed by atoms with van der Waals surface area (Å²) < 4.78 is 16.2. The van der Waals surface area contributed by atoms with Crippen LogP contribution >= 0.6 is 0 Å². The molecule has 92 valence electrons. The largest absolute Gasteiger partial charge is 0.457 e. The van der Waals surface area contributed by atoms with E-state index < -0.39 is 0 Å². The molecule has 0 radical (unpaired) electrons. The maximum atomic E-state index is 5.68. The molecule has 1 aliphatic rings. The lowest BCUT2D eigenvalue weighted by molar-refractivity contribution is 0.174. The van der Waals surface area contributed by atoms with Crippen molar-refractivity contribution in [2.75, 3.05) is 12.2 Å². The SMILES string of the molecule is NNc1cc(Oc2ccc3c(c2)OCO3)ccn1. The van der Waals surface area contributed by atoms with E-state index in [1.807, 2.05) is 6.07 Å². The van der Waals surface area contributed by atoms with Crippen LogP contribution in [0.2, 0.25) is 0 Å². The summed E-state index contributed by atoms with van der Waals surface area (Å²) in [6.45, 7) is 0.245. The van der Waals surface area contributed by atoms with Gasteiger partial charge >= 0.3 is 0 Å². The Morgan fingerprint density at radius 2 is 1.94 bits per heavy atom. The highest BCUT2D eigenvalue weighted by Crippen LogP contribution is 2.36. The molecule has 1 aromatic carbocycles. The fraction of sp³-hybridized carbons (Fsp3) is 0.0833. The molecule has 18 heavy (non-hydrogen) atoms. The molecule has 6 nitrogen and oxygen atoms in total. The predicted molar refractivity (Wildman–Crippen MR) is 64.7 cm³/mol. The minimum absolute atomic E-state index is 0.245. The molecule has 2 heterocycles. The van der Waals surface area contributed by atoms with Crippen LogP contribution in [0.5, 0.6) is 23.0 Å². The van der Waals surface area contributed by atoms with E-state index in [0.29, 0.717) is 23.1 Å². The van der Waals surface area contributed by atoms with Gasteiger partial charge in [-0.25, -0.2) is 10.8 Å². The maximum absolute atomic E-state index is 5.68. The van der Waals surface area contributed by atoms with Crippen molar-refractivity contribution >= 4 is 5.82 Å². The average Bonchev–Trinajstić information content (AvgIpc) is 2.86. The summed E-state index contributed by atoms with van der Waals surface area (Å²) in [6.07, 6.45) is 1.61. The third kappa shape index (κ3) is 2.01. The van der Waals surface area contributed by atoms with Gasteiger partial charge in [0.15, 0.2) is 11.5 Å². The second-order valence-corrected chi connectivity index (χ2v) is 3.64. The first-order valence-electron chi connectivity index (χ1n) is 5.35. The van der Waals surface area contributed by atoms with Gasteiger partial charge in [-0.05, 0) is 18.2 Å². The fourth-order valence-electron chi connectivity index (χ4n) is 1.63. The van der Waals surface area contributed by atoms with E-state index >= 15 is 0 Å². The molecule has 3 rings (SSSR count). The first-order chi connectivity index (χ1) is 8.85. The number of nitrogens with two attached hydrogens (primary N) is 1. The van der Waals surface area contributed by atoms with Crippen molar-refractivity contribution in [1.29, 1.82) is 0 Å². The number of ether oxygens (including phenoxy) is 3. The molecule has 3 N–H and O–H groups in total. The van der Waals surface area contributed by atoms with Crippen molar-refractivity contribution in [2.24, 2.45) is 5.84 Å². The van der Waals surface area contributed by atoms with Gasteiger partial charge in [-0.2, -0.15) is 0 Å². The van der Waals surface area contributed by atoms with Gasteiger partial charge in [0.1, 0.15) is 17.3 Å². The summed E-state index contributed by atoms with van der Waals surface area (Å²) in [6, 6.07) is 8.83. The number of hydrazine groups is 1. The van der Waals surface area contributed by atoms with Gasteiger partial charge in [-0.1, -0.05) is 0 Å². The highest BCUT2D eigenvalue weighted by atomic mass is 16.7. The number of nitrogens with one attached hydrogen (secondary N) is 1. The zero-order valence-corrected chi connectivity index (χ0v) is 9.42. The standard InChI is InChI=1S/C12H11N3O3/c13-15-12-6-9(3-4-14-12)18-8-1-2-10-11(5-8)17-7-16-10/h1-6H,7,13H2,(H,14,15). The monoisotopic (exact) mass is 245 g/mol. The number of hydrogen-bond donors (Lipinski definition) is 2. The van der Waals surface area contributed by atoms with E-state index in [-0.39, 0.29) is 6.79 Å². The summed E-state index contributed by atoms with van der Waals surface area (Å²) >= 11 is 0. The van der Waals surface area contributed by atoms with Crippen LogP contribution in [-0.2, 0) is 0 Å². The third-order valence-electron chi connectivity index (χ3n) is 2.46. The number of fused-ring (bicyclic) bond motifs is 1. The molecule has 0 saturated carbocycles. The van der Waals surface area contributed by atoms with Gasteiger partial charge in [0.05, 0.1) is 0 Å². The van der Waals surface area contributed by atoms with Gasteiger partial charge in [0.2, 0.25) is 6.79 Å². The first kappa shape index (κ1) is 10.7. The zero-order valence-electron chi connectivity index (χ0n) is 9.42. The summed E-state index contributed by atoms with van der Waals surface area (Å²) in [5.41, 5.74) is 2.46. The molecule has 0 aliphatic carbocycles. The summed E-state index contributed by atoms with van der Waals surface area (Å²) in [5.74, 6) is 8.52. The van der Waals surface area contributed by atoms with E-state index in [9.17, 15) is 0 Å². The van der Waals surface area contributed by atoms with Crippen molar-refractivity contribution in [3.63, 3.8) is 0 Å². The molecular formula is C12H11N3O3. The normalized spacial score (nSPS) is 12.3. The molecular weight excluding hydrogens is 234 g/mol. The molecule has 2 aromatic rings. The van der Waals surface area contributed by atoms with Crippen molar-refractivity contribution in [2.45, 2.75) is 0 Å². The molecule has 0 amide bonds. The second-order valence-electron chi connectivity index (χ2n) is 3.64. The summed E-state index contributed by atoms with van der Waals surface area (Å²) in [4.78, 5) is 4.00. The second kappa shape index (κ2) is 4.42. The molecule has 6 heteroatoms.